The Morgan fingerprint density at radius 3 is 2.79 bits per heavy atom. The summed E-state index contributed by atoms with van der Waals surface area (Å²) in [7, 11) is 0. The number of nitrogens with one attached hydrogen (secondary N) is 1. The van der Waals surface area contributed by atoms with Crippen molar-refractivity contribution in [2.24, 2.45) is 0 Å². The van der Waals surface area contributed by atoms with E-state index in [0.717, 1.165) is 0 Å². The van der Waals surface area contributed by atoms with Crippen molar-refractivity contribution in [3.63, 3.8) is 0 Å². The molecule has 0 atom stereocenters. The van der Waals surface area contributed by atoms with Gasteiger partial charge >= 0.3 is 5.97 Å². The number of carboxylic acids is 1. The molecule has 19 heavy (non-hydrogen) atoms. The number of benzene rings is 1. The van der Waals surface area contributed by atoms with Crippen LogP contribution in [0.5, 0.6) is 5.75 Å². The Hall–Kier alpha value is -1.69. The van der Waals surface area contributed by atoms with E-state index in [1.165, 1.54) is 11.8 Å². The summed E-state index contributed by atoms with van der Waals surface area (Å²) in [5, 5.41) is 11.2. The van der Waals surface area contributed by atoms with Gasteiger partial charge in [-0.1, -0.05) is 12.1 Å². The molecule has 5 nitrogen and oxygen atoms in total. The van der Waals surface area contributed by atoms with Crippen LogP contribution in [0.2, 0.25) is 0 Å². The highest BCUT2D eigenvalue weighted by atomic mass is 32.2. The number of thioether (sulfide) groups is 1. The van der Waals surface area contributed by atoms with Crippen molar-refractivity contribution in [3.05, 3.63) is 29.8 Å². The fraction of sp³-hybridized carbons (Fsp3) is 0.385. The number of para-hydroxylation sites is 1. The van der Waals surface area contributed by atoms with Crippen molar-refractivity contribution in [2.45, 2.75) is 6.92 Å². The van der Waals surface area contributed by atoms with Crippen LogP contribution in [-0.4, -0.2) is 41.6 Å². The van der Waals surface area contributed by atoms with Crippen molar-refractivity contribution < 1.29 is 19.4 Å². The monoisotopic (exact) mass is 283 g/mol. The predicted octanol–water partition coefficient (Wildman–Crippen LogP) is 1.63. The van der Waals surface area contributed by atoms with Gasteiger partial charge in [-0.2, -0.15) is 0 Å². The molecule has 0 saturated carbocycles. The van der Waals surface area contributed by atoms with Gasteiger partial charge in [0.05, 0.1) is 17.9 Å². The molecule has 2 N–H and O–H groups in total. The molecule has 0 aliphatic carbocycles. The van der Waals surface area contributed by atoms with Crippen LogP contribution in [-0.2, 0) is 4.79 Å². The van der Waals surface area contributed by atoms with E-state index in [2.05, 4.69) is 5.32 Å². The second kappa shape index (κ2) is 8.42. The molecular weight excluding hydrogens is 266 g/mol. The van der Waals surface area contributed by atoms with Crippen LogP contribution in [0.15, 0.2) is 24.3 Å². The van der Waals surface area contributed by atoms with Gasteiger partial charge in [0.1, 0.15) is 5.75 Å². The molecule has 0 aliphatic rings. The number of hydrogen-bond acceptors (Lipinski definition) is 4. The molecule has 0 aromatic heterocycles. The summed E-state index contributed by atoms with van der Waals surface area (Å²) in [6.45, 7) is 2.78. The third kappa shape index (κ3) is 5.65. The summed E-state index contributed by atoms with van der Waals surface area (Å²) >= 11 is 1.27. The third-order valence-electron chi connectivity index (χ3n) is 2.19. The zero-order valence-electron chi connectivity index (χ0n) is 10.7. The molecule has 1 rings (SSSR count). The number of amides is 1. The van der Waals surface area contributed by atoms with Gasteiger partial charge in [-0.25, -0.2) is 0 Å². The molecule has 0 aliphatic heterocycles. The molecule has 0 radical (unpaired) electrons. The van der Waals surface area contributed by atoms with Gasteiger partial charge in [0, 0.05) is 12.3 Å². The minimum Gasteiger partial charge on any atom is -0.493 e. The summed E-state index contributed by atoms with van der Waals surface area (Å²) in [5.41, 5.74) is 0.493. The number of hydrogen-bond donors (Lipinski definition) is 2. The fourth-order valence-corrected chi connectivity index (χ4v) is 1.99. The molecular formula is C13H17NO4S. The highest BCUT2D eigenvalue weighted by Crippen LogP contribution is 2.17. The van der Waals surface area contributed by atoms with Gasteiger partial charge in [-0.15, -0.1) is 11.8 Å². The van der Waals surface area contributed by atoms with E-state index in [9.17, 15) is 9.59 Å². The standard InChI is InChI=1S/C13H17NO4S/c1-2-18-11-6-4-3-5-10(11)13(17)14-7-8-19-9-12(15)16/h3-6H,2,7-9H2,1H3,(H,14,17)(H,15,16). The quantitative estimate of drug-likeness (QED) is 0.709. The molecule has 1 aromatic carbocycles. The Kier molecular flexibility index (Phi) is 6.81. The summed E-state index contributed by atoms with van der Waals surface area (Å²) in [6.07, 6.45) is 0. The molecule has 1 amide bonds. The van der Waals surface area contributed by atoms with Crippen molar-refractivity contribution in [2.75, 3.05) is 24.7 Å². The molecule has 6 heteroatoms. The molecule has 0 heterocycles. The lowest BCUT2D eigenvalue weighted by Crippen LogP contribution is -2.26. The maximum atomic E-state index is 11.9. The lowest BCUT2D eigenvalue weighted by atomic mass is 10.2. The first-order valence-electron chi connectivity index (χ1n) is 5.94. The molecule has 0 unspecified atom stereocenters. The van der Waals surface area contributed by atoms with Crippen LogP contribution in [0.25, 0.3) is 0 Å². The zero-order chi connectivity index (χ0) is 14.1. The summed E-state index contributed by atoms with van der Waals surface area (Å²) in [4.78, 5) is 22.2. The lowest BCUT2D eigenvalue weighted by molar-refractivity contribution is -0.133. The lowest BCUT2D eigenvalue weighted by Gasteiger charge is -2.10. The number of rotatable bonds is 8. The topological polar surface area (TPSA) is 75.6 Å². The average Bonchev–Trinajstić information content (AvgIpc) is 2.39. The van der Waals surface area contributed by atoms with Gasteiger partial charge in [-0.3, -0.25) is 9.59 Å². The van der Waals surface area contributed by atoms with Gasteiger partial charge in [0.15, 0.2) is 0 Å². The van der Waals surface area contributed by atoms with Gasteiger partial charge in [-0.05, 0) is 19.1 Å². The second-order valence-corrected chi connectivity index (χ2v) is 4.74. The SMILES string of the molecule is CCOc1ccccc1C(=O)NCCSCC(=O)O. The first kappa shape index (κ1) is 15.4. The molecule has 0 bridgehead atoms. The highest BCUT2D eigenvalue weighted by molar-refractivity contribution is 7.99. The van der Waals surface area contributed by atoms with Gasteiger partial charge < -0.3 is 15.2 Å². The van der Waals surface area contributed by atoms with Crippen LogP contribution in [0.1, 0.15) is 17.3 Å². The minimum absolute atomic E-state index is 0.0470. The van der Waals surface area contributed by atoms with Crippen molar-refractivity contribution >= 4 is 23.6 Å². The normalized spacial score (nSPS) is 9.95. The highest BCUT2D eigenvalue weighted by Gasteiger charge is 2.10. The number of carbonyl (C=O) groups excluding carboxylic acids is 1. The number of ether oxygens (including phenoxy) is 1. The zero-order valence-corrected chi connectivity index (χ0v) is 11.5. The maximum Gasteiger partial charge on any atom is 0.313 e. The van der Waals surface area contributed by atoms with E-state index < -0.39 is 5.97 Å². The first-order chi connectivity index (χ1) is 9.15. The van der Waals surface area contributed by atoms with Crippen molar-refractivity contribution in [1.82, 2.24) is 5.32 Å². The Morgan fingerprint density at radius 1 is 1.37 bits per heavy atom. The maximum absolute atomic E-state index is 11.9. The predicted molar refractivity (Wildman–Crippen MR) is 74.9 cm³/mol. The van der Waals surface area contributed by atoms with E-state index in [1.54, 1.807) is 18.2 Å². The van der Waals surface area contributed by atoms with Crippen LogP contribution >= 0.6 is 11.8 Å². The Morgan fingerprint density at radius 2 is 2.11 bits per heavy atom. The van der Waals surface area contributed by atoms with Gasteiger partial charge in [0.2, 0.25) is 0 Å². The Labute approximate surface area is 116 Å². The third-order valence-corrected chi connectivity index (χ3v) is 3.13. The van der Waals surface area contributed by atoms with Crippen LogP contribution in [0.4, 0.5) is 0 Å². The fourth-order valence-electron chi connectivity index (χ4n) is 1.43. The van der Waals surface area contributed by atoms with E-state index >= 15 is 0 Å². The first-order valence-corrected chi connectivity index (χ1v) is 7.10. The molecule has 0 spiro atoms. The van der Waals surface area contributed by atoms with Crippen LogP contribution in [0.3, 0.4) is 0 Å². The molecule has 104 valence electrons. The smallest absolute Gasteiger partial charge is 0.313 e. The molecule has 0 saturated heterocycles. The summed E-state index contributed by atoms with van der Waals surface area (Å²) in [5.74, 6) is 0.110. The van der Waals surface area contributed by atoms with Gasteiger partial charge in [0.25, 0.3) is 5.91 Å². The molecule has 1 aromatic rings. The average molecular weight is 283 g/mol. The number of carboxylic acid groups (broad SMARTS) is 1. The van der Waals surface area contributed by atoms with Crippen LogP contribution in [0, 0.1) is 0 Å². The number of aliphatic carboxylic acids is 1. The van der Waals surface area contributed by atoms with E-state index in [0.29, 0.717) is 30.2 Å². The van der Waals surface area contributed by atoms with E-state index in [1.807, 2.05) is 13.0 Å². The second-order valence-electron chi connectivity index (χ2n) is 3.63. The van der Waals surface area contributed by atoms with Crippen LogP contribution < -0.4 is 10.1 Å². The summed E-state index contributed by atoms with van der Waals surface area (Å²) in [6, 6.07) is 7.03. The summed E-state index contributed by atoms with van der Waals surface area (Å²) < 4.78 is 5.37. The van der Waals surface area contributed by atoms with E-state index in [-0.39, 0.29) is 11.7 Å². The van der Waals surface area contributed by atoms with Crippen molar-refractivity contribution in [3.8, 4) is 5.75 Å². The largest absolute Gasteiger partial charge is 0.493 e. The van der Waals surface area contributed by atoms with E-state index in [4.69, 9.17) is 9.84 Å². The molecule has 0 fully saturated rings. The Balaban J connectivity index is 2.43. The Bertz CT molecular complexity index is 436. The number of carbonyl (C=O) groups is 2. The van der Waals surface area contributed by atoms with Crippen molar-refractivity contribution in [1.29, 1.82) is 0 Å². The minimum atomic E-state index is -0.849.